The highest BCUT2D eigenvalue weighted by Crippen LogP contribution is 2.22. The molecule has 0 aromatic heterocycles. The third-order valence-corrected chi connectivity index (χ3v) is 3.26. The van der Waals surface area contributed by atoms with Crippen LogP contribution in [0.4, 0.5) is 8.78 Å². The smallest absolute Gasteiger partial charge is 0.387 e. The molecule has 0 amide bonds. The molecule has 2 N–H and O–H groups in total. The number of alkyl halides is 2. The molecule has 0 bridgehead atoms. The van der Waals surface area contributed by atoms with Crippen molar-refractivity contribution >= 4 is 0 Å². The van der Waals surface area contributed by atoms with Crippen LogP contribution in [0.5, 0.6) is 5.75 Å². The van der Waals surface area contributed by atoms with Crippen LogP contribution in [0.1, 0.15) is 18.9 Å². The lowest BCUT2D eigenvalue weighted by Crippen LogP contribution is -2.43. The Morgan fingerprint density at radius 3 is 2.89 bits per heavy atom. The van der Waals surface area contributed by atoms with Gasteiger partial charge in [-0.25, -0.2) is 0 Å². The van der Waals surface area contributed by atoms with Crippen LogP contribution in [0, 0.1) is 0 Å². The molecule has 2 rings (SSSR count). The number of benzene rings is 1. The van der Waals surface area contributed by atoms with Crippen LogP contribution in [0.2, 0.25) is 0 Å². The fraction of sp³-hybridized carbons (Fsp3) is 0.538. The van der Waals surface area contributed by atoms with Gasteiger partial charge in [-0.1, -0.05) is 18.2 Å². The number of nitrogens with one attached hydrogen (secondary N) is 2. The molecule has 1 fully saturated rings. The van der Waals surface area contributed by atoms with Crippen LogP contribution in [-0.4, -0.2) is 25.2 Å². The summed E-state index contributed by atoms with van der Waals surface area (Å²) >= 11 is 0. The molecule has 1 aromatic carbocycles. The monoisotopic (exact) mass is 256 g/mol. The Morgan fingerprint density at radius 1 is 1.44 bits per heavy atom. The summed E-state index contributed by atoms with van der Waals surface area (Å²) in [6.45, 7) is 1.75. The number of hydrogen-bond donors (Lipinski definition) is 2. The molecule has 1 aliphatic heterocycles. The van der Waals surface area contributed by atoms with Crippen molar-refractivity contribution < 1.29 is 13.5 Å². The van der Waals surface area contributed by atoms with Crippen molar-refractivity contribution in [1.29, 1.82) is 0 Å². The van der Waals surface area contributed by atoms with Crippen molar-refractivity contribution in [1.82, 2.24) is 10.6 Å². The normalized spacial score (nSPS) is 23.6. The summed E-state index contributed by atoms with van der Waals surface area (Å²) in [5.41, 5.74) is 0.781. The molecule has 0 radical (unpaired) electrons. The summed E-state index contributed by atoms with van der Waals surface area (Å²) in [5.74, 6) is 0.245. The predicted molar refractivity (Wildman–Crippen MR) is 65.8 cm³/mol. The van der Waals surface area contributed by atoms with Crippen molar-refractivity contribution in [2.45, 2.75) is 32.0 Å². The van der Waals surface area contributed by atoms with Crippen LogP contribution in [-0.2, 0) is 6.54 Å². The number of rotatable bonds is 5. The third-order valence-electron chi connectivity index (χ3n) is 3.26. The van der Waals surface area contributed by atoms with E-state index in [4.69, 9.17) is 0 Å². The van der Waals surface area contributed by atoms with Crippen LogP contribution in [0.15, 0.2) is 24.3 Å². The summed E-state index contributed by atoms with van der Waals surface area (Å²) in [6, 6.07) is 6.89. The van der Waals surface area contributed by atoms with Crippen molar-refractivity contribution in [3.8, 4) is 5.75 Å². The molecule has 5 heteroatoms. The molecule has 18 heavy (non-hydrogen) atoms. The highest BCUT2D eigenvalue weighted by atomic mass is 19.3. The first-order valence-electron chi connectivity index (χ1n) is 6.07. The molecule has 3 nitrogen and oxygen atoms in total. The van der Waals surface area contributed by atoms with Gasteiger partial charge in [0, 0.05) is 24.2 Å². The van der Waals surface area contributed by atoms with E-state index < -0.39 is 6.61 Å². The Bertz CT molecular complexity index is 392. The maximum atomic E-state index is 12.3. The van der Waals surface area contributed by atoms with Crippen molar-refractivity contribution in [2.24, 2.45) is 0 Å². The zero-order valence-electron chi connectivity index (χ0n) is 10.4. The van der Waals surface area contributed by atoms with Crippen LogP contribution in [0.25, 0.3) is 0 Å². The van der Waals surface area contributed by atoms with Gasteiger partial charge in [0.25, 0.3) is 0 Å². The zero-order chi connectivity index (χ0) is 13.0. The van der Waals surface area contributed by atoms with Gasteiger partial charge >= 0.3 is 6.61 Å². The van der Waals surface area contributed by atoms with Gasteiger partial charge in [0.2, 0.25) is 0 Å². The fourth-order valence-electron chi connectivity index (χ4n) is 2.14. The van der Waals surface area contributed by atoms with E-state index >= 15 is 0 Å². The quantitative estimate of drug-likeness (QED) is 0.846. The molecule has 1 unspecified atom stereocenters. The van der Waals surface area contributed by atoms with Crippen LogP contribution < -0.4 is 15.4 Å². The molecule has 1 atom stereocenters. The number of hydrogen-bond acceptors (Lipinski definition) is 3. The van der Waals surface area contributed by atoms with Gasteiger partial charge in [-0.2, -0.15) is 8.78 Å². The lowest BCUT2D eigenvalue weighted by molar-refractivity contribution is -0.0505. The number of ether oxygens (including phenoxy) is 1. The maximum absolute atomic E-state index is 12.3. The molecule has 0 spiro atoms. The van der Waals surface area contributed by atoms with Gasteiger partial charge in [-0.15, -0.1) is 0 Å². The van der Waals surface area contributed by atoms with E-state index in [0.29, 0.717) is 6.54 Å². The topological polar surface area (TPSA) is 33.3 Å². The molecule has 0 aliphatic carbocycles. The molecular formula is C13H18F2N2O. The highest BCUT2D eigenvalue weighted by Gasteiger charge is 2.27. The molecule has 0 saturated carbocycles. The fourth-order valence-corrected chi connectivity index (χ4v) is 2.14. The predicted octanol–water partition coefficient (Wildman–Crippen LogP) is 2.13. The summed E-state index contributed by atoms with van der Waals surface area (Å²) in [5, 5.41) is 6.68. The minimum atomic E-state index is -2.78. The number of halogens is 2. The first-order valence-corrected chi connectivity index (χ1v) is 6.07. The van der Waals surface area contributed by atoms with E-state index in [1.165, 1.54) is 0 Å². The lowest BCUT2D eigenvalue weighted by Gasteiger charge is -2.25. The summed E-state index contributed by atoms with van der Waals surface area (Å²) in [7, 11) is 0. The lowest BCUT2D eigenvalue weighted by atomic mass is 10.0. The van der Waals surface area contributed by atoms with E-state index in [2.05, 4.69) is 22.3 Å². The summed E-state index contributed by atoms with van der Waals surface area (Å²) in [4.78, 5) is 0. The van der Waals surface area contributed by atoms with Crippen LogP contribution in [0.3, 0.4) is 0 Å². The maximum Gasteiger partial charge on any atom is 0.387 e. The molecular weight excluding hydrogens is 238 g/mol. The molecule has 100 valence electrons. The Kier molecular flexibility index (Phi) is 4.14. The van der Waals surface area contributed by atoms with Gasteiger partial charge < -0.3 is 15.4 Å². The zero-order valence-corrected chi connectivity index (χ0v) is 10.4. The largest absolute Gasteiger partial charge is 0.434 e. The van der Waals surface area contributed by atoms with E-state index in [1.54, 1.807) is 18.2 Å². The molecule has 1 heterocycles. The third kappa shape index (κ3) is 3.40. The summed E-state index contributed by atoms with van der Waals surface area (Å²) in [6.07, 6.45) is 1.03. The average molecular weight is 256 g/mol. The second kappa shape index (κ2) is 5.63. The van der Waals surface area contributed by atoms with Gasteiger partial charge in [0.15, 0.2) is 0 Å². The Labute approximate surface area is 106 Å². The average Bonchev–Trinajstić information content (AvgIpc) is 2.75. The highest BCUT2D eigenvalue weighted by molar-refractivity contribution is 5.33. The second-order valence-corrected chi connectivity index (χ2v) is 4.83. The van der Waals surface area contributed by atoms with Gasteiger partial charge in [0.05, 0.1) is 0 Å². The molecule has 1 aliphatic rings. The van der Waals surface area contributed by atoms with Crippen molar-refractivity contribution in [3.63, 3.8) is 0 Å². The number of para-hydroxylation sites is 1. The van der Waals surface area contributed by atoms with Crippen molar-refractivity contribution in [3.05, 3.63) is 29.8 Å². The molecule has 1 saturated heterocycles. The first-order chi connectivity index (χ1) is 8.59. The van der Waals surface area contributed by atoms with E-state index in [9.17, 15) is 8.78 Å². The van der Waals surface area contributed by atoms with Crippen LogP contribution >= 0.6 is 0 Å². The first kappa shape index (κ1) is 13.2. The Morgan fingerprint density at radius 2 is 2.22 bits per heavy atom. The standard InChI is InChI=1S/C13H18F2N2O/c1-13(6-7-16-9-13)17-8-10-4-2-3-5-11(10)18-12(14)15/h2-5,12,16-17H,6-9H2,1H3. The van der Waals surface area contributed by atoms with Gasteiger partial charge in [-0.3, -0.25) is 0 Å². The minimum absolute atomic E-state index is 0.0257. The van der Waals surface area contributed by atoms with Gasteiger partial charge in [-0.05, 0) is 26.0 Å². The SMILES string of the molecule is CC1(NCc2ccccc2OC(F)F)CCNC1. The minimum Gasteiger partial charge on any atom is -0.434 e. The summed E-state index contributed by atoms with van der Waals surface area (Å²) < 4.78 is 29.0. The van der Waals surface area contributed by atoms with E-state index in [-0.39, 0.29) is 11.3 Å². The Balaban J connectivity index is 2.00. The molecule has 1 aromatic rings. The Hall–Kier alpha value is -1.20. The van der Waals surface area contributed by atoms with Gasteiger partial charge in [0.1, 0.15) is 5.75 Å². The second-order valence-electron chi connectivity index (χ2n) is 4.83. The van der Waals surface area contributed by atoms with E-state index in [1.807, 2.05) is 6.07 Å². The van der Waals surface area contributed by atoms with Crippen molar-refractivity contribution in [2.75, 3.05) is 13.1 Å². The van der Waals surface area contributed by atoms with E-state index in [0.717, 1.165) is 25.1 Å².